The topological polar surface area (TPSA) is 70.1 Å². The molecule has 0 bridgehead atoms. The summed E-state index contributed by atoms with van der Waals surface area (Å²) < 4.78 is 0.787. The van der Waals surface area contributed by atoms with Crippen LogP contribution < -0.4 is 10.6 Å². The Bertz CT molecular complexity index is 481. The first-order valence-corrected chi connectivity index (χ1v) is 5.66. The number of rotatable bonds is 1. The van der Waals surface area contributed by atoms with Crippen molar-refractivity contribution in [1.29, 1.82) is 5.26 Å². The average molecular weight is 280 g/mol. The Hall–Kier alpha value is -1.38. The number of hydrogen-bond acceptors (Lipinski definition) is 3. The van der Waals surface area contributed by atoms with E-state index in [0.717, 1.165) is 10.2 Å². The number of benzene rings is 1. The Balaban J connectivity index is 2.37. The molecular formula is C11H10BrN3O. The van der Waals surface area contributed by atoms with Gasteiger partial charge in [-0.15, -0.1) is 0 Å². The molecule has 4 nitrogen and oxygen atoms in total. The van der Waals surface area contributed by atoms with Crippen molar-refractivity contribution < 1.29 is 4.79 Å². The molecule has 1 unspecified atom stereocenters. The Morgan fingerprint density at radius 1 is 1.50 bits per heavy atom. The molecule has 82 valence electrons. The maximum Gasteiger partial charge on any atom is 0.228 e. The molecule has 2 rings (SSSR count). The van der Waals surface area contributed by atoms with Gasteiger partial charge in [-0.2, -0.15) is 5.26 Å². The lowest BCUT2D eigenvalue weighted by Crippen LogP contribution is -2.27. The van der Waals surface area contributed by atoms with E-state index in [4.69, 9.17) is 11.0 Å². The number of hydrogen-bond donors (Lipinski definition) is 1. The second kappa shape index (κ2) is 4.24. The summed E-state index contributed by atoms with van der Waals surface area (Å²) in [5.41, 5.74) is 6.97. The molecule has 1 aromatic rings. The lowest BCUT2D eigenvalue weighted by molar-refractivity contribution is -0.117. The smallest absolute Gasteiger partial charge is 0.228 e. The molecule has 16 heavy (non-hydrogen) atoms. The van der Waals surface area contributed by atoms with Crippen LogP contribution in [0, 0.1) is 11.3 Å². The van der Waals surface area contributed by atoms with Crippen LogP contribution >= 0.6 is 15.9 Å². The van der Waals surface area contributed by atoms with Crippen LogP contribution in [0.3, 0.4) is 0 Å². The fraction of sp³-hybridized carbons (Fsp3) is 0.273. The molecule has 1 saturated heterocycles. The van der Waals surface area contributed by atoms with Crippen molar-refractivity contribution in [2.45, 2.75) is 12.5 Å². The van der Waals surface area contributed by atoms with Crippen LogP contribution in [0.15, 0.2) is 22.7 Å². The number of nitrogens with two attached hydrogens (primary N) is 1. The fourth-order valence-electron chi connectivity index (χ4n) is 1.78. The molecule has 1 aliphatic rings. The lowest BCUT2D eigenvalue weighted by atomic mass is 10.2. The maximum absolute atomic E-state index is 11.6. The summed E-state index contributed by atoms with van der Waals surface area (Å²) in [5, 5.41) is 8.85. The Kier molecular flexibility index (Phi) is 2.95. The van der Waals surface area contributed by atoms with Crippen LogP contribution in [0.5, 0.6) is 0 Å². The molecule has 1 amide bonds. The molecule has 1 fully saturated rings. The van der Waals surface area contributed by atoms with Gasteiger partial charge in [0.1, 0.15) is 0 Å². The van der Waals surface area contributed by atoms with Gasteiger partial charge in [-0.05, 0) is 18.2 Å². The van der Waals surface area contributed by atoms with Gasteiger partial charge in [0, 0.05) is 29.2 Å². The minimum atomic E-state index is -0.114. The Morgan fingerprint density at radius 3 is 2.81 bits per heavy atom. The number of halogens is 1. The molecule has 2 N–H and O–H groups in total. The molecule has 1 aliphatic heterocycles. The predicted octanol–water partition coefficient (Wildman–Crippen LogP) is 1.38. The lowest BCUT2D eigenvalue weighted by Gasteiger charge is -2.16. The van der Waals surface area contributed by atoms with E-state index in [9.17, 15) is 4.79 Å². The van der Waals surface area contributed by atoms with E-state index < -0.39 is 0 Å². The molecule has 0 aliphatic carbocycles. The summed E-state index contributed by atoms with van der Waals surface area (Å²) in [4.78, 5) is 13.3. The number of anilines is 1. The maximum atomic E-state index is 11.6. The SMILES string of the molecule is N#Cc1cc(Br)cc(N2CC(N)CC2=O)c1. The fourth-order valence-corrected chi connectivity index (χ4v) is 2.26. The summed E-state index contributed by atoms with van der Waals surface area (Å²) in [6, 6.07) is 7.17. The first kappa shape index (κ1) is 11.1. The molecule has 0 saturated carbocycles. The number of amides is 1. The van der Waals surface area contributed by atoms with Crippen molar-refractivity contribution in [1.82, 2.24) is 0 Å². The largest absolute Gasteiger partial charge is 0.326 e. The van der Waals surface area contributed by atoms with Gasteiger partial charge >= 0.3 is 0 Å². The average Bonchev–Trinajstić information content (AvgIpc) is 2.57. The van der Waals surface area contributed by atoms with Gasteiger partial charge < -0.3 is 10.6 Å². The van der Waals surface area contributed by atoms with E-state index in [1.165, 1.54) is 0 Å². The van der Waals surface area contributed by atoms with Crippen molar-refractivity contribution in [3.63, 3.8) is 0 Å². The highest BCUT2D eigenvalue weighted by Gasteiger charge is 2.28. The van der Waals surface area contributed by atoms with Crippen molar-refractivity contribution in [3.8, 4) is 6.07 Å². The van der Waals surface area contributed by atoms with Crippen LogP contribution in [-0.2, 0) is 4.79 Å². The van der Waals surface area contributed by atoms with Gasteiger partial charge in [-0.25, -0.2) is 0 Å². The Morgan fingerprint density at radius 2 is 2.25 bits per heavy atom. The highest BCUT2D eigenvalue weighted by molar-refractivity contribution is 9.10. The van der Waals surface area contributed by atoms with Crippen molar-refractivity contribution >= 4 is 27.5 Å². The van der Waals surface area contributed by atoms with E-state index >= 15 is 0 Å². The number of nitrogens with zero attached hydrogens (tertiary/aromatic N) is 2. The number of nitriles is 1. The van der Waals surface area contributed by atoms with E-state index in [1.807, 2.05) is 6.07 Å². The van der Waals surface area contributed by atoms with Gasteiger partial charge in [-0.3, -0.25) is 4.79 Å². The zero-order valence-electron chi connectivity index (χ0n) is 8.48. The molecule has 0 aromatic heterocycles. The van der Waals surface area contributed by atoms with Gasteiger partial charge in [0.15, 0.2) is 0 Å². The third-order valence-electron chi connectivity index (χ3n) is 2.48. The van der Waals surface area contributed by atoms with E-state index in [0.29, 0.717) is 18.5 Å². The molecule has 1 heterocycles. The summed E-state index contributed by atoms with van der Waals surface area (Å²) >= 11 is 3.32. The zero-order valence-corrected chi connectivity index (χ0v) is 10.1. The van der Waals surface area contributed by atoms with E-state index in [2.05, 4.69) is 22.0 Å². The first-order valence-electron chi connectivity index (χ1n) is 4.87. The summed E-state index contributed by atoms with van der Waals surface area (Å²) in [6.07, 6.45) is 0.369. The van der Waals surface area contributed by atoms with Gasteiger partial charge in [0.05, 0.1) is 11.6 Å². The van der Waals surface area contributed by atoms with Crippen LogP contribution in [0.2, 0.25) is 0 Å². The molecule has 1 aromatic carbocycles. The first-order chi connectivity index (χ1) is 7.60. The highest BCUT2D eigenvalue weighted by Crippen LogP contribution is 2.26. The third kappa shape index (κ3) is 2.08. The van der Waals surface area contributed by atoms with Crippen LogP contribution in [-0.4, -0.2) is 18.5 Å². The van der Waals surface area contributed by atoms with Crippen LogP contribution in [0.4, 0.5) is 5.69 Å². The molecule has 1 atom stereocenters. The summed E-state index contributed by atoms with van der Waals surface area (Å²) in [6.45, 7) is 0.514. The highest BCUT2D eigenvalue weighted by atomic mass is 79.9. The van der Waals surface area contributed by atoms with Gasteiger partial charge in [0.2, 0.25) is 5.91 Å². The zero-order chi connectivity index (χ0) is 11.7. The predicted molar refractivity (Wildman–Crippen MR) is 63.8 cm³/mol. The van der Waals surface area contributed by atoms with Gasteiger partial charge in [-0.1, -0.05) is 15.9 Å². The number of carbonyl (C=O) groups is 1. The van der Waals surface area contributed by atoms with Crippen LogP contribution in [0.25, 0.3) is 0 Å². The Labute approximate surface area is 102 Å². The molecule has 0 radical (unpaired) electrons. The normalized spacial score (nSPS) is 19.9. The van der Waals surface area contributed by atoms with Crippen LogP contribution in [0.1, 0.15) is 12.0 Å². The minimum Gasteiger partial charge on any atom is -0.326 e. The summed E-state index contributed by atoms with van der Waals surface area (Å²) in [5.74, 6) is 0.00879. The number of carbonyl (C=O) groups excluding carboxylic acids is 1. The van der Waals surface area contributed by atoms with E-state index in [1.54, 1.807) is 17.0 Å². The molecular weight excluding hydrogens is 270 g/mol. The quantitative estimate of drug-likeness (QED) is 0.845. The summed E-state index contributed by atoms with van der Waals surface area (Å²) in [7, 11) is 0. The van der Waals surface area contributed by atoms with Crippen molar-refractivity contribution in [3.05, 3.63) is 28.2 Å². The molecule has 5 heteroatoms. The second-order valence-corrected chi connectivity index (χ2v) is 4.69. The van der Waals surface area contributed by atoms with Crippen molar-refractivity contribution in [2.24, 2.45) is 5.73 Å². The van der Waals surface area contributed by atoms with Gasteiger partial charge in [0.25, 0.3) is 0 Å². The molecule has 0 spiro atoms. The van der Waals surface area contributed by atoms with E-state index in [-0.39, 0.29) is 11.9 Å². The third-order valence-corrected chi connectivity index (χ3v) is 2.94. The van der Waals surface area contributed by atoms with Crippen molar-refractivity contribution in [2.75, 3.05) is 11.4 Å². The second-order valence-electron chi connectivity index (χ2n) is 3.78. The minimum absolute atomic E-state index is 0.00879. The monoisotopic (exact) mass is 279 g/mol. The standard InChI is InChI=1S/C11H10BrN3O/c12-8-1-7(5-13)2-10(3-8)15-6-9(14)4-11(15)16/h1-3,9H,4,6,14H2.